The molecular formula is C20H16F3N3O3S. The number of rotatable bonds is 6. The quantitative estimate of drug-likeness (QED) is 0.583. The smallest absolute Gasteiger partial charge is 0.416 e. The number of halogens is 3. The fraction of sp³-hybridized carbons (Fsp3) is 0.150. The van der Waals surface area contributed by atoms with Crippen LogP contribution in [0.5, 0.6) is 5.75 Å². The number of alkyl halides is 3. The predicted octanol–water partition coefficient (Wildman–Crippen LogP) is 4.80. The number of amides is 2. The number of benzene rings is 2. The molecule has 0 aliphatic heterocycles. The second kappa shape index (κ2) is 8.95. The minimum absolute atomic E-state index is 0.0564. The minimum Gasteiger partial charge on any atom is -0.484 e. The Kier molecular flexibility index (Phi) is 6.36. The van der Waals surface area contributed by atoms with Gasteiger partial charge >= 0.3 is 6.18 Å². The topological polar surface area (TPSA) is 80.3 Å². The summed E-state index contributed by atoms with van der Waals surface area (Å²) in [7, 11) is 0. The Morgan fingerprint density at radius 1 is 1.10 bits per heavy atom. The molecule has 1 aromatic heterocycles. The van der Waals surface area contributed by atoms with Gasteiger partial charge in [0.2, 0.25) is 5.91 Å². The largest absolute Gasteiger partial charge is 0.484 e. The van der Waals surface area contributed by atoms with Crippen LogP contribution in [0.4, 0.5) is 24.0 Å². The van der Waals surface area contributed by atoms with Gasteiger partial charge in [0.15, 0.2) is 11.7 Å². The summed E-state index contributed by atoms with van der Waals surface area (Å²) < 4.78 is 43.3. The number of aromatic nitrogens is 1. The zero-order valence-electron chi connectivity index (χ0n) is 15.6. The van der Waals surface area contributed by atoms with E-state index in [1.807, 2.05) is 0 Å². The maximum absolute atomic E-state index is 12.7. The van der Waals surface area contributed by atoms with Crippen LogP contribution in [0.25, 0.3) is 11.3 Å². The van der Waals surface area contributed by atoms with Crippen molar-refractivity contribution in [3.05, 3.63) is 59.5 Å². The number of anilines is 2. The van der Waals surface area contributed by atoms with Crippen LogP contribution in [0.1, 0.15) is 12.5 Å². The molecule has 0 aliphatic rings. The van der Waals surface area contributed by atoms with Crippen molar-refractivity contribution < 1.29 is 27.5 Å². The average Bonchev–Trinajstić information content (AvgIpc) is 3.14. The number of hydrogen-bond acceptors (Lipinski definition) is 5. The van der Waals surface area contributed by atoms with E-state index in [1.165, 1.54) is 30.4 Å². The van der Waals surface area contributed by atoms with Gasteiger partial charge in [-0.1, -0.05) is 18.2 Å². The van der Waals surface area contributed by atoms with Crippen molar-refractivity contribution in [2.75, 3.05) is 17.2 Å². The van der Waals surface area contributed by atoms with Gasteiger partial charge in [-0.05, 0) is 30.3 Å². The molecule has 10 heteroatoms. The van der Waals surface area contributed by atoms with Crippen molar-refractivity contribution in [2.45, 2.75) is 13.1 Å². The van der Waals surface area contributed by atoms with Crippen molar-refractivity contribution in [2.24, 2.45) is 0 Å². The van der Waals surface area contributed by atoms with Crippen LogP contribution in [0.2, 0.25) is 0 Å². The average molecular weight is 435 g/mol. The summed E-state index contributed by atoms with van der Waals surface area (Å²) >= 11 is 1.20. The molecule has 0 saturated carbocycles. The second-order valence-electron chi connectivity index (χ2n) is 6.16. The molecule has 0 bridgehead atoms. The van der Waals surface area contributed by atoms with E-state index in [2.05, 4.69) is 15.6 Å². The van der Waals surface area contributed by atoms with E-state index in [-0.39, 0.29) is 11.7 Å². The molecule has 30 heavy (non-hydrogen) atoms. The maximum Gasteiger partial charge on any atom is 0.416 e. The van der Waals surface area contributed by atoms with E-state index < -0.39 is 24.3 Å². The number of nitrogens with zero attached hydrogens (tertiary/aromatic N) is 1. The van der Waals surface area contributed by atoms with Gasteiger partial charge in [-0.15, -0.1) is 11.3 Å². The summed E-state index contributed by atoms with van der Waals surface area (Å²) in [5, 5.41) is 7.29. The van der Waals surface area contributed by atoms with E-state index in [0.29, 0.717) is 16.5 Å². The predicted molar refractivity (Wildman–Crippen MR) is 107 cm³/mol. The van der Waals surface area contributed by atoms with Crippen LogP contribution in [0.15, 0.2) is 53.9 Å². The molecule has 0 aliphatic carbocycles. The molecule has 1 heterocycles. The minimum atomic E-state index is -4.49. The lowest BCUT2D eigenvalue weighted by Crippen LogP contribution is -2.20. The standard InChI is InChI=1S/C20H16F3N3O3S/c1-12(27)24-15-7-5-13(6-8-15)17-11-30-19(25-17)26-18(28)10-29-16-4-2-3-14(9-16)20(21,22)23/h2-9,11H,10H2,1H3,(H,24,27)(H,25,26,28). The fourth-order valence-electron chi connectivity index (χ4n) is 2.46. The molecule has 0 unspecified atom stereocenters. The van der Waals surface area contributed by atoms with Crippen molar-refractivity contribution >= 4 is 34.0 Å². The third kappa shape index (κ3) is 5.80. The van der Waals surface area contributed by atoms with Crippen LogP contribution in [-0.4, -0.2) is 23.4 Å². The van der Waals surface area contributed by atoms with Gasteiger partial charge in [0.1, 0.15) is 5.75 Å². The van der Waals surface area contributed by atoms with Crippen LogP contribution in [0, 0.1) is 0 Å². The van der Waals surface area contributed by atoms with Gasteiger partial charge in [0.25, 0.3) is 5.91 Å². The van der Waals surface area contributed by atoms with Gasteiger partial charge in [-0.2, -0.15) is 13.2 Å². The first-order valence-corrected chi connectivity index (χ1v) is 9.52. The van der Waals surface area contributed by atoms with Gasteiger partial charge < -0.3 is 10.1 Å². The van der Waals surface area contributed by atoms with E-state index in [9.17, 15) is 22.8 Å². The molecule has 0 spiro atoms. The van der Waals surface area contributed by atoms with Crippen molar-refractivity contribution in [1.82, 2.24) is 4.98 Å². The van der Waals surface area contributed by atoms with Crippen LogP contribution >= 0.6 is 11.3 Å². The van der Waals surface area contributed by atoms with Crippen molar-refractivity contribution in [3.63, 3.8) is 0 Å². The van der Waals surface area contributed by atoms with Gasteiger partial charge in [0.05, 0.1) is 11.3 Å². The Morgan fingerprint density at radius 2 is 1.83 bits per heavy atom. The normalized spacial score (nSPS) is 11.1. The van der Waals surface area contributed by atoms with Crippen LogP contribution < -0.4 is 15.4 Å². The van der Waals surface area contributed by atoms with E-state index >= 15 is 0 Å². The second-order valence-corrected chi connectivity index (χ2v) is 7.02. The summed E-state index contributed by atoms with van der Waals surface area (Å²) in [5.74, 6) is -0.776. The van der Waals surface area contributed by atoms with Crippen molar-refractivity contribution in [3.8, 4) is 17.0 Å². The number of ether oxygens (including phenoxy) is 1. The summed E-state index contributed by atoms with van der Waals surface area (Å²) in [5.41, 5.74) is 1.22. The highest BCUT2D eigenvalue weighted by Crippen LogP contribution is 2.31. The monoisotopic (exact) mass is 435 g/mol. The first-order chi connectivity index (χ1) is 14.2. The van der Waals surface area contributed by atoms with Gasteiger partial charge in [0, 0.05) is 23.6 Å². The number of hydrogen-bond donors (Lipinski definition) is 2. The van der Waals surface area contributed by atoms with Crippen LogP contribution in [0.3, 0.4) is 0 Å². The van der Waals surface area contributed by atoms with E-state index in [4.69, 9.17) is 4.74 Å². The molecular weight excluding hydrogens is 419 g/mol. The molecule has 156 valence electrons. The Bertz CT molecular complexity index is 1050. The summed E-state index contributed by atoms with van der Waals surface area (Å²) in [6.45, 7) is 0.960. The SMILES string of the molecule is CC(=O)Nc1ccc(-c2csc(NC(=O)COc3cccc(C(F)(F)F)c3)n2)cc1. The molecule has 3 rings (SSSR count). The lowest BCUT2D eigenvalue weighted by Gasteiger charge is -2.09. The summed E-state index contributed by atoms with van der Waals surface area (Å²) in [6, 6.07) is 11.3. The Morgan fingerprint density at radius 3 is 2.50 bits per heavy atom. The third-order valence-corrected chi connectivity index (χ3v) is 4.54. The molecule has 3 aromatic rings. The summed E-state index contributed by atoms with van der Waals surface area (Å²) in [4.78, 5) is 27.4. The van der Waals surface area contributed by atoms with Gasteiger partial charge in [-0.25, -0.2) is 4.98 Å². The maximum atomic E-state index is 12.7. The number of thiazole rings is 1. The number of nitrogens with one attached hydrogen (secondary N) is 2. The van der Waals surface area contributed by atoms with Crippen molar-refractivity contribution in [1.29, 1.82) is 0 Å². The zero-order valence-corrected chi connectivity index (χ0v) is 16.4. The fourth-order valence-corrected chi connectivity index (χ4v) is 3.19. The molecule has 0 fully saturated rings. The highest BCUT2D eigenvalue weighted by atomic mass is 32.1. The number of carbonyl (C=O) groups is 2. The molecule has 2 N–H and O–H groups in total. The lowest BCUT2D eigenvalue weighted by atomic mass is 10.1. The van der Waals surface area contributed by atoms with Gasteiger partial charge in [-0.3, -0.25) is 14.9 Å². The first kappa shape index (κ1) is 21.3. The zero-order chi connectivity index (χ0) is 21.7. The summed E-state index contributed by atoms with van der Waals surface area (Å²) in [6.07, 6.45) is -4.49. The molecule has 2 amide bonds. The lowest BCUT2D eigenvalue weighted by molar-refractivity contribution is -0.137. The molecule has 0 atom stereocenters. The highest BCUT2D eigenvalue weighted by Gasteiger charge is 2.30. The number of carbonyl (C=O) groups excluding carboxylic acids is 2. The Hall–Kier alpha value is -3.40. The van der Waals surface area contributed by atoms with Crippen LogP contribution in [-0.2, 0) is 15.8 Å². The molecule has 0 radical (unpaired) electrons. The Labute approximate surface area is 173 Å². The molecule has 6 nitrogen and oxygen atoms in total. The van der Waals surface area contributed by atoms with E-state index in [1.54, 1.807) is 29.6 Å². The first-order valence-electron chi connectivity index (χ1n) is 8.64. The third-order valence-electron chi connectivity index (χ3n) is 3.78. The van der Waals surface area contributed by atoms with E-state index in [0.717, 1.165) is 17.7 Å². The Balaban J connectivity index is 1.57. The molecule has 0 saturated heterocycles. The molecule has 2 aromatic carbocycles. The highest BCUT2D eigenvalue weighted by molar-refractivity contribution is 7.14.